The van der Waals surface area contributed by atoms with Crippen LogP contribution in [0.1, 0.15) is 11.3 Å². The summed E-state index contributed by atoms with van der Waals surface area (Å²) in [6.07, 6.45) is 1.82. The molecular weight excluding hydrogens is 273 g/mol. The SMILES string of the molecule is ClCC(Cc1cscn1)Cc1ccccc1Cl. The predicted molar refractivity (Wildman–Crippen MR) is 75.2 cm³/mol. The number of halogens is 2. The third-order valence-electron chi connectivity index (χ3n) is 2.67. The summed E-state index contributed by atoms with van der Waals surface area (Å²) < 4.78 is 0. The molecule has 0 saturated heterocycles. The van der Waals surface area contributed by atoms with Gasteiger partial charge in [0.05, 0.1) is 11.2 Å². The van der Waals surface area contributed by atoms with E-state index in [0.29, 0.717) is 11.8 Å². The Balaban J connectivity index is 2.03. The second-order valence-electron chi connectivity index (χ2n) is 4.00. The van der Waals surface area contributed by atoms with Gasteiger partial charge in [-0.25, -0.2) is 4.98 Å². The first-order valence-corrected chi connectivity index (χ1v) is 7.31. The molecule has 0 saturated carbocycles. The number of benzene rings is 1. The lowest BCUT2D eigenvalue weighted by Gasteiger charge is -2.13. The molecule has 1 aromatic heterocycles. The van der Waals surface area contributed by atoms with Crippen LogP contribution >= 0.6 is 34.5 Å². The highest BCUT2D eigenvalue weighted by Crippen LogP contribution is 2.21. The van der Waals surface area contributed by atoms with Crippen LogP contribution in [0.15, 0.2) is 35.2 Å². The van der Waals surface area contributed by atoms with Crippen LogP contribution in [-0.2, 0) is 12.8 Å². The molecule has 0 N–H and O–H groups in total. The minimum absolute atomic E-state index is 0.388. The molecule has 0 aliphatic rings. The number of alkyl halides is 1. The zero-order valence-corrected chi connectivity index (χ0v) is 11.6. The van der Waals surface area contributed by atoms with Gasteiger partial charge < -0.3 is 0 Å². The van der Waals surface area contributed by atoms with Crippen molar-refractivity contribution in [2.45, 2.75) is 12.8 Å². The van der Waals surface area contributed by atoms with Crippen molar-refractivity contribution in [3.63, 3.8) is 0 Å². The minimum Gasteiger partial charge on any atom is -0.250 e. The fraction of sp³-hybridized carbons (Fsp3) is 0.308. The van der Waals surface area contributed by atoms with Crippen molar-refractivity contribution in [3.05, 3.63) is 51.4 Å². The summed E-state index contributed by atoms with van der Waals surface area (Å²) in [5.74, 6) is 1.02. The summed E-state index contributed by atoms with van der Waals surface area (Å²) >= 11 is 13.8. The molecule has 1 heterocycles. The lowest BCUT2D eigenvalue weighted by atomic mass is 9.97. The largest absolute Gasteiger partial charge is 0.250 e. The van der Waals surface area contributed by atoms with Crippen molar-refractivity contribution in [2.75, 3.05) is 5.88 Å². The van der Waals surface area contributed by atoms with E-state index in [1.165, 1.54) is 0 Å². The fourth-order valence-corrected chi connectivity index (χ4v) is 2.79. The Hall–Kier alpha value is -0.570. The maximum Gasteiger partial charge on any atom is 0.0794 e. The van der Waals surface area contributed by atoms with Crippen LogP contribution in [0.3, 0.4) is 0 Å². The molecule has 2 aromatic rings. The summed E-state index contributed by atoms with van der Waals surface area (Å²) in [5, 5.41) is 2.90. The van der Waals surface area contributed by atoms with Gasteiger partial charge in [0.25, 0.3) is 0 Å². The molecule has 17 heavy (non-hydrogen) atoms. The molecule has 0 spiro atoms. The molecule has 0 bridgehead atoms. The third kappa shape index (κ3) is 3.70. The van der Waals surface area contributed by atoms with Gasteiger partial charge in [0.15, 0.2) is 0 Å². The third-order valence-corrected chi connectivity index (χ3v) is 4.11. The highest BCUT2D eigenvalue weighted by Gasteiger charge is 2.12. The molecule has 1 nitrogen and oxygen atoms in total. The van der Waals surface area contributed by atoms with Crippen molar-refractivity contribution in [1.29, 1.82) is 0 Å². The predicted octanol–water partition coefficient (Wildman–Crippen LogP) is 4.44. The molecule has 0 aliphatic heterocycles. The molecule has 0 radical (unpaired) electrons. The number of nitrogens with zero attached hydrogens (tertiary/aromatic N) is 1. The monoisotopic (exact) mass is 285 g/mol. The second-order valence-corrected chi connectivity index (χ2v) is 5.43. The first kappa shape index (κ1) is 12.9. The van der Waals surface area contributed by atoms with Crippen LogP contribution in [0.4, 0.5) is 0 Å². The van der Waals surface area contributed by atoms with Crippen LogP contribution in [0.5, 0.6) is 0 Å². The molecule has 2 rings (SSSR count). The van der Waals surface area contributed by atoms with Crippen LogP contribution in [0, 0.1) is 5.92 Å². The van der Waals surface area contributed by atoms with E-state index < -0.39 is 0 Å². The Bertz CT molecular complexity index is 456. The van der Waals surface area contributed by atoms with Crippen molar-refractivity contribution in [1.82, 2.24) is 4.98 Å². The fourth-order valence-electron chi connectivity index (χ4n) is 1.79. The van der Waals surface area contributed by atoms with Gasteiger partial charge in [-0.1, -0.05) is 29.8 Å². The number of hydrogen-bond donors (Lipinski definition) is 0. The first-order valence-electron chi connectivity index (χ1n) is 5.46. The van der Waals surface area contributed by atoms with Gasteiger partial charge in [-0.05, 0) is 30.4 Å². The van der Waals surface area contributed by atoms with E-state index in [9.17, 15) is 0 Å². The van der Waals surface area contributed by atoms with Crippen molar-refractivity contribution < 1.29 is 0 Å². The molecule has 1 atom stereocenters. The molecule has 1 aromatic carbocycles. The molecule has 4 heteroatoms. The van der Waals surface area contributed by atoms with Gasteiger partial charge >= 0.3 is 0 Å². The Morgan fingerprint density at radius 1 is 1.24 bits per heavy atom. The lowest BCUT2D eigenvalue weighted by Crippen LogP contribution is -2.10. The van der Waals surface area contributed by atoms with Crippen LogP contribution in [0.25, 0.3) is 0 Å². The number of thiazole rings is 1. The maximum atomic E-state index is 6.15. The molecule has 90 valence electrons. The molecular formula is C13H13Cl2NS. The van der Waals surface area contributed by atoms with E-state index in [-0.39, 0.29) is 0 Å². The summed E-state index contributed by atoms with van der Waals surface area (Å²) in [6, 6.07) is 7.94. The standard InChI is InChI=1S/C13H13Cl2NS/c14-7-10(6-12-8-17-9-16-12)5-11-3-1-2-4-13(11)15/h1-4,8-10H,5-7H2. The van der Waals surface area contributed by atoms with E-state index in [4.69, 9.17) is 23.2 Å². The summed E-state index contributed by atoms with van der Waals surface area (Å²) in [5.41, 5.74) is 4.14. The van der Waals surface area contributed by atoms with Gasteiger partial charge in [-0.15, -0.1) is 22.9 Å². The van der Waals surface area contributed by atoms with Gasteiger partial charge in [-0.3, -0.25) is 0 Å². The topological polar surface area (TPSA) is 12.9 Å². The number of aromatic nitrogens is 1. The average molecular weight is 286 g/mol. The molecule has 0 amide bonds. The second kappa shape index (κ2) is 6.39. The summed E-state index contributed by atoms with van der Waals surface area (Å²) in [4.78, 5) is 4.29. The Morgan fingerprint density at radius 3 is 2.71 bits per heavy atom. The minimum atomic E-state index is 0.388. The smallest absolute Gasteiger partial charge is 0.0794 e. The van der Waals surface area contributed by atoms with Crippen LogP contribution in [-0.4, -0.2) is 10.9 Å². The highest BCUT2D eigenvalue weighted by molar-refractivity contribution is 7.07. The number of hydrogen-bond acceptors (Lipinski definition) is 2. The number of rotatable bonds is 5. The molecule has 0 fully saturated rings. The van der Waals surface area contributed by atoms with Crippen LogP contribution < -0.4 is 0 Å². The zero-order chi connectivity index (χ0) is 12.1. The first-order chi connectivity index (χ1) is 8.29. The van der Waals surface area contributed by atoms with Gasteiger partial charge in [0, 0.05) is 16.3 Å². The van der Waals surface area contributed by atoms with Crippen molar-refractivity contribution >= 4 is 34.5 Å². The van der Waals surface area contributed by atoms with Gasteiger partial charge in [-0.2, -0.15) is 0 Å². The Kier molecular flexibility index (Phi) is 4.84. The Labute approximate surface area is 115 Å². The van der Waals surface area contributed by atoms with Crippen molar-refractivity contribution in [2.24, 2.45) is 5.92 Å². The molecule has 1 unspecified atom stereocenters. The lowest BCUT2D eigenvalue weighted by molar-refractivity contribution is 0.577. The summed E-state index contributed by atoms with van der Waals surface area (Å²) in [7, 11) is 0. The Morgan fingerprint density at radius 2 is 2.06 bits per heavy atom. The normalized spacial score (nSPS) is 12.6. The van der Waals surface area contributed by atoms with Crippen molar-refractivity contribution in [3.8, 4) is 0 Å². The highest BCUT2D eigenvalue weighted by atomic mass is 35.5. The molecule has 0 aliphatic carbocycles. The maximum absolute atomic E-state index is 6.15. The quantitative estimate of drug-likeness (QED) is 0.741. The van der Waals surface area contributed by atoms with E-state index >= 15 is 0 Å². The van der Waals surface area contributed by atoms with E-state index in [1.54, 1.807) is 11.3 Å². The zero-order valence-electron chi connectivity index (χ0n) is 9.27. The average Bonchev–Trinajstić information content (AvgIpc) is 2.84. The summed E-state index contributed by atoms with van der Waals surface area (Å²) in [6.45, 7) is 0. The van der Waals surface area contributed by atoms with Crippen LogP contribution in [0.2, 0.25) is 5.02 Å². The van der Waals surface area contributed by atoms with E-state index in [1.807, 2.05) is 23.7 Å². The van der Waals surface area contributed by atoms with Gasteiger partial charge in [0.2, 0.25) is 0 Å². The van der Waals surface area contributed by atoms with E-state index in [2.05, 4.69) is 16.4 Å². The van der Waals surface area contributed by atoms with E-state index in [0.717, 1.165) is 29.1 Å². The van der Waals surface area contributed by atoms with Gasteiger partial charge in [0.1, 0.15) is 0 Å².